The highest BCUT2D eigenvalue weighted by Crippen LogP contribution is 2.38. The Hall–Kier alpha value is -3.76. The molecule has 0 aromatic heterocycles. The second-order valence-electron chi connectivity index (χ2n) is 20.3. The second-order valence-corrected chi connectivity index (χ2v) is 23.0. The Kier molecular flexibility index (Phi) is 31.5. The number of carbonyl (C=O) groups excluding carboxylic acids is 3. The molecule has 2 saturated heterocycles. The Morgan fingerprint density at radius 2 is 1.24 bits per heavy atom. The van der Waals surface area contributed by atoms with E-state index >= 15 is 0 Å². The number of ether oxygens (including phenoxy) is 5. The number of aliphatic hydroxyl groups excluding tert-OH is 9. The number of alkyl carbamates (subject to hydrolysis) is 1. The molecular formula is C55H85NO20S2. The maximum absolute atomic E-state index is 12.9. The van der Waals surface area contributed by atoms with E-state index in [4.69, 9.17) is 23.7 Å². The lowest BCUT2D eigenvalue weighted by Gasteiger charge is -2.45. The van der Waals surface area contributed by atoms with Crippen molar-refractivity contribution in [3.8, 4) is 0 Å². The molecule has 3 heterocycles. The van der Waals surface area contributed by atoms with Crippen molar-refractivity contribution in [2.45, 2.75) is 184 Å². The molecule has 1 amide bonds. The van der Waals surface area contributed by atoms with Gasteiger partial charge in [-0.15, -0.1) is 0 Å². The van der Waals surface area contributed by atoms with Crippen LogP contribution in [-0.2, 0) is 38.1 Å². The van der Waals surface area contributed by atoms with E-state index in [9.17, 15) is 75.3 Å². The third kappa shape index (κ3) is 25.4. The summed E-state index contributed by atoms with van der Waals surface area (Å²) in [7, 11) is 2.77. The number of ketones is 1. The molecule has 0 radical (unpaired) electrons. The van der Waals surface area contributed by atoms with Gasteiger partial charge in [0.2, 0.25) is 0 Å². The van der Waals surface area contributed by atoms with Crippen molar-refractivity contribution in [3.63, 3.8) is 0 Å². The van der Waals surface area contributed by atoms with Gasteiger partial charge in [-0.25, -0.2) is 4.79 Å². The van der Waals surface area contributed by atoms with Gasteiger partial charge in [-0.2, -0.15) is 0 Å². The number of Topliss-reactive ketones (excluding diaryl/α,β-unsaturated/α-hetero) is 1. The maximum Gasteiger partial charge on any atom is 0.407 e. The number of hydrogen-bond acceptors (Lipinski definition) is 21. The van der Waals surface area contributed by atoms with Crippen LogP contribution >= 0.6 is 21.6 Å². The standard InChI is InChI=1S/C55H85NO20S2/c1-33-18-16-14-12-10-8-6-7-9-11-13-15-17-19-42(75-53-51(67)48(50(66)36(4)74-53)56-54(70)73-23-25-78-77-24-22-72-37(5)57)30-46-47(52(68)69)45(64)32-55(71,76-46)31-41(61)29-44(63)43(62)21-20-38(58)27-40(60)28-39(59)26-34(2)35(3)49(33)65/h6-19,33-36,38,40-51,53,58,60-67,71H,20-32H2,1-5H3,(H,56,70)(H,68,69)/b7-6+,10-8+,11-9+,14-12+,15-13+,18-16+,19-17+/t33?,34-,35+,36?,38-,40-,41+,42+,43-,44-,45+,46+,47-,48?,49-,50?,51?,53?,55-/m1/s1. The SMILES string of the molecule is CC(=O)OCCSSCCOC(=O)NC1C(O)C(C)OC(O[C@H]2/C=C/C=C/C=C/C=C/C=C/C=C/C=C/C(C)[C@@H](O)[C@@H](C)[C@H](C)CC(=O)C[C@H](O)C[C@H](O)CC[C@@H](O)[C@H](O)C[C@H](O)C[C@]3(O)C[C@H](O)[C@@H](C(=O)O)[C@H](C2)O3)C1O. The van der Waals surface area contributed by atoms with E-state index in [0.29, 0.717) is 11.5 Å². The predicted molar refractivity (Wildman–Crippen MR) is 292 cm³/mol. The second kappa shape index (κ2) is 35.9. The minimum absolute atomic E-state index is 0.0421. The number of carbonyl (C=O) groups is 4. The van der Waals surface area contributed by atoms with Crippen molar-refractivity contribution in [1.29, 1.82) is 0 Å². The van der Waals surface area contributed by atoms with Crippen molar-refractivity contribution < 1.29 is 99.0 Å². The van der Waals surface area contributed by atoms with Crippen LogP contribution in [0.4, 0.5) is 4.79 Å². The van der Waals surface area contributed by atoms with Crippen LogP contribution in [-0.4, -0.2) is 196 Å². The van der Waals surface area contributed by atoms with Gasteiger partial charge in [0.15, 0.2) is 12.1 Å². The zero-order valence-electron chi connectivity index (χ0n) is 45.1. The summed E-state index contributed by atoms with van der Waals surface area (Å²) in [6, 6.07) is -1.39. The summed E-state index contributed by atoms with van der Waals surface area (Å²) in [5, 5.41) is 123. The molecule has 23 heteroatoms. The lowest BCUT2D eigenvalue weighted by atomic mass is 9.81. The number of amides is 1. The van der Waals surface area contributed by atoms with Crippen LogP contribution in [0.5, 0.6) is 0 Å². The summed E-state index contributed by atoms with van der Waals surface area (Å²) in [4.78, 5) is 49.4. The molecule has 0 spiro atoms. The number of carboxylic acid groups (broad SMARTS) is 1. The minimum Gasteiger partial charge on any atom is -0.481 e. The molecule has 6 unspecified atom stereocenters. The highest BCUT2D eigenvalue weighted by molar-refractivity contribution is 8.76. The lowest BCUT2D eigenvalue weighted by Crippen LogP contribution is -2.64. The van der Waals surface area contributed by atoms with E-state index in [1.54, 1.807) is 48.6 Å². The molecule has 2 fully saturated rings. The first-order chi connectivity index (χ1) is 36.9. The molecule has 0 aromatic carbocycles. The molecule has 0 aromatic rings. The number of allylic oxidation sites excluding steroid dienone is 12. The first-order valence-electron chi connectivity index (χ1n) is 26.5. The maximum atomic E-state index is 12.9. The number of nitrogens with one attached hydrogen (secondary N) is 1. The first kappa shape index (κ1) is 68.5. The molecule has 3 aliphatic rings. The molecule has 2 bridgehead atoms. The van der Waals surface area contributed by atoms with Crippen molar-refractivity contribution >= 4 is 45.4 Å². The third-order valence-corrected chi connectivity index (χ3v) is 16.0. The summed E-state index contributed by atoms with van der Waals surface area (Å²) < 4.78 is 28.2. The molecule has 0 saturated carbocycles. The highest BCUT2D eigenvalue weighted by Gasteiger charge is 2.51. The number of carboxylic acids is 1. The van der Waals surface area contributed by atoms with Crippen molar-refractivity contribution in [2.75, 3.05) is 24.7 Å². The average Bonchev–Trinajstić information content (AvgIpc) is 3.40. The zero-order valence-corrected chi connectivity index (χ0v) is 46.7. The van der Waals surface area contributed by atoms with Gasteiger partial charge < -0.3 is 85.2 Å². The first-order valence-corrected chi connectivity index (χ1v) is 29.0. The van der Waals surface area contributed by atoms with E-state index in [1.165, 1.54) is 41.5 Å². The molecule has 442 valence electrons. The van der Waals surface area contributed by atoms with Gasteiger partial charge in [0.1, 0.15) is 37.1 Å². The molecule has 78 heavy (non-hydrogen) atoms. The third-order valence-electron chi connectivity index (χ3n) is 13.7. The van der Waals surface area contributed by atoms with E-state index < -0.39 is 141 Å². The van der Waals surface area contributed by atoms with Crippen LogP contribution in [0.15, 0.2) is 85.1 Å². The average molecular weight is 1140 g/mol. The van der Waals surface area contributed by atoms with Gasteiger partial charge in [0.05, 0.1) is 67.1 Å². The van der Waals surface area contributed by atoms with Crippen molar-refractivity contribution in [3.05, 3.63) is 85.1 Å². The Balaban J connectivity index is 1.87. The number of fused-ring (bicyclic) bond motifs is 2. The van der Waals surface area contributed by atoms with Gasteiger partial charge in [0, 0.05) is 62.9 Å². The van der Waals surface area contributed by atoms with E-state index in [-0.39, 0.29) is 68.9 Å². The topological polar surface area (TPSA) is 349 Å². The highest BCUT2D eigenvalue weighted by atomic mass is 33.1. The van der Waals surface area contributed by atoms with Gasteiger partial charge in [-0.1, -0.05) is 127 Å². The molecular weight excluding hydrogens is 1060 g/mol. The number of esters is 1. The summed E-state index contributed by atoms with van der Waals surface area (Å²) >= 11 is 0. The number of aliphatic hydroxyl groups is 10. The van der Waals surface area contributed by atoms with Gasteiger partial charge >= 0.3 is 18.0 Å². The fraction of sp³-hybridized carbons (Fsp3) is 0.673. The Morgan fingerprint density at radius 1 is 0.667 bits per heavy atom. The fourth-order valence-electron chi connectivity index (χ4n) is 9.19. The lowest BCUT2D eigenvalue weighted by molar-refractivity contribution is -0.309. The predicted octanol–water partition coefficient (Wildman–Crippen LogP) is 3.09. The molecule has 12 N–H and O–H groups in total. The summed E-state index contributed by atoms with van der Waals surface area (Å²) in [6.45, 7) is 8.54. The summed E-state index contributed by atoms with van der Waals surface area (Å²) in [6.07, 6.45) is 2.28. The number of rotatable bonds is 11. The van der Waals surface area contributed by atoms with Crippen LogP contribution in [0.1, 0.15) is 92.4 Å². The summed E-state index contributed by atoms with van der Waals surface area (Å²) in [5.74, 6) is -5.99. The monoisotopic (exact) mass is 1140 g/mol. The van der Waals surface area contributed by atoms with Crippen LogP contribution in [0.25, 0.3) is 0 Å². The van der Waals surface area contributed by atoms with E-state index in [1.807, 2.05) is 51.2 Å². The fourth-order valence-corrected chi connectivity index (χ4v) is 10.8. The Labute approximate surface area is 465 Å². The summed E-state index contributed by atoms with van der Waals surface area (Å²) in [5.41, 5.74) is 0. The largest absolute Gasteiger partial charge is 0.481 e. The van der Waals surface area contributed by atoms with Crippen LogP contribution in [0.2, 0.25) is 0 Å². The normalized spacial score (nSPS) is 39.8. The molecule has 0 aliphatic carbocycles. The minimum atomic E-state index is -2.39. The van der Waals surface area contributed by atoms with Gasteiger partial charge in [-0.3, -0.25) is 14.4 Å². The van der Waals surface area contributed by atoms with Crippen LogP contribution in [0, 0.1) is 23.7 Å². The van der Waals surface area contributed by atoms with E-state index in [2.05, 4.69) is 5.32 Å². The smallest absolute Gasteiger partial charge is 0.407 e. The van der Waals surface area contributed by atoms with Crippen LogP contribution in [0.3, 0.4) is 0 Å². The van der Waals surface area contributed by atoms with E-state index in [0.717, 1.165) is 0 Å². The Morgan fingerprint density at radius 3 is 1.83 bits per heavy atom. The molecule has 3 rings (SSSR count). The molecule has 3 aliphatic heterocycles. The van der Waals surface area contributed by atoms with Crippen LogP contribution < -0.4 is 5.32 Å². The molecule has 19 atom stereocenters. The van der Waals surface area contributed by atoms with Crippen molar-refractivity contribution in [2.24, 2.45) is 23.7 Å². The molecule has 21 nitrogen and oxygen atoms in total. The van der Waals surface area contributed by atoms with Crippen molar-refractivity contribution in [1.82, 2.24) is 5.32 Å². The van der Waals surface area contributed by atoms with Gasteiger partial charge in [0.25, 0.3) is 0 Å². The van der Waals surface area contributed by atoms with Gasteiger partial charge in [-0.05, 0) is 38.0 Å². The number of aliphatic carboxylic acids is 1. The quantitative estimate of drug-likeness (QED) is 0.0803. The Bertz CT molecular complexity index is 2040. The zero-order chi connectivity index (χ0) is 58.0. The number of hydrogen-bond donors (Lipinski definition) is 12.